The molecule has 0 aromatic heterocycles. The van der Waals surface area contributed by atoms with Gasteiger partial charge < -0.3 is 5.73 Å². The van der Waals surface area contributed by atoms with Crippen LogP contribution >= 0.6 is 0 Å². The minimum absolute atomic E-state index is 0.0330. The molecule has 106 valence electrons. The SMILES string of the molecule is Nc1cccc(S(=O)(=O)NCc2cc(F)ccc2F)c1. The summed E-state index contributed by atoms with van der Waals surface area (Å²) in [6, 6.07) is 8.53. The molecule has 0 saturated carbocycles. The van der Waals surface area contributed by atoms with E-state index in [0.717, 1.165) is 18.2 Å². The van der Waals surface area contributed by atoms with Gasteiger partial charge in [0.15, 0.2) is 0 Å². The van der Waals surface area contributed by atoms with Gasteiger partial charge >= 0.3 is 0 Å². The quantitative estimate of drug-likeness (QED) is 0.848. The second-order valence-corrected chi connectivity index (χ2v) is 5.90. The van der Waals surface area contributed by atoms with E-state index in [2.05, 4.69) is 4.72 Å². The summed E-state index contributed by atoms with van der Waals surface area (Å²) < 4.78 is 52.5. The maximum atomic E-state index is 13.4. The van der Waals surface area contributed by atoms with Crippen LogP contribution in [0.3, 0.4) is 0 Å². The van der Waals surface area contributed by atoms with E-state index in [1.54, 1.807) is 6.07 Å². The number of hydrogen-bond acceptors (Lipinski definition) is 3. The second-order valence-electron chi connectivity index (χ2n) is 4.13. The minimum atomic E-state index is -3.83. The van der Waals surface area contributed by atoms with Gasteiger partial charge in [0, 0.05) is 17.8 Å². The largest absolute Gasteiger partial charge is 0.399 e. The third-order valence-corrected chi connectivity index (χ3v) is 4.03. The highest BCUT2D eigenvalue weighted by atomic mass is 32.2. The molecule has 0 amide bonds. The Labute approximate surface area is 115 Å². The summed E-state index contributed by atoms with van der Waals surface area (Å²) in [5, 5.41) is 0. The van der Waals surface area contributed by atoms with Gasteiger partial charge in [0.25, 0.3) is 0 Å². The lowest BCUT2D eigenvalue weighted by Gasteiger charge is -2.08. The molecule has 0 saturated heterocycles. The van der Waals surface area contributed by atoms with E-state index in [0.29, 0.717) is 5.69 Å². The zero-order chi connectivity index (χ0) is 14.8. The van der Waals surface area contributed by atoms with Gasteiger partial charge in [0.1, 0.15) is 11.6 Å². The Kier molecular flexibility index (Phi) is 4.01. The molecule has 7 heteroatoms. The van der Waals surface area contributed by atoms with E-state index in [1.807, 2.05) is 0 Å². The van der Waals surface area contributed by atoms with Crippen LogP contribution < -0.4 is 10.5 Å². The predicted octanol–water partition coefficient (Wildman–Crippen LogP) is 2.03. The first kappa shape index (κ1) is 14.4. The molecule has 2 aromatic carbocycles. The van der Waals surface area contributed by atoms with Crippen molar-refractivity contribution in [2.45, 2.75) is 11.4 Å². The van der Waals surface area contributed by atoms with Gasteiger partial charge in [-0.15, -0.1) is 0 Å². The van der Waals surface area contributed by atoms with Crippen LogP contribution in [0.15, 0.2) is 47.4 Å². The summed E-state index contributed by atoms with van der Waals surface area (Å²) >= 11 is 0. The van der Waals surface area contributed by atoms with Gasteiger partial charge in [-0.05, 0) is 36.4 Å². The number of hydrogen-bond donors (Lipinski definition) is 2. The molecule has 0 aliphatic rings. The molecule has 0 aliphatic carbocycles. The van der Waals surface area contributed by atoms with Gasteiger partial charge in [-0.25, -0.2) is 21.9 Å². The Bertz CT molecular complexity index is 733. The molecule has 3 N–H and O–H groups in total. The standard InChI is InChI=1S/C13H12F2N2O2S/c14-10-4-5-13(15)9(6-10)8-17-20(18,19)12-3-1-2-11(16)7-12/h1-7,17H,8,16H2. The minimum Gasteiger partial charge on any atom is -0.399 e. The molecule has 20 heavy (non-hydrogen) atoms. The van der Waals surface area contributed by atoms with Crippen LogP contribution in [0.2, 0.25) is 0 Å². The van der Waals surface area contributed by atoms with Crippen LogP contribution in [0.4, 0.5) is 14.5 Å². The predicted molar refractivity (Wildman–Crippen MR) is 71.2 cm³/mol. The Morgan fingerprint density at radius 2 is 1.85 bits per heavy atom. The number of halogens is 2. The van der Waals surface area contributed by atoms with Crippen LogP contribution in [0.25, 0.3) is 0 Å². The lowest BCUT2D eigenvalue weighted by molar-refractivity contribution is 0.567. The van der Waals surface area contributed by atoms with E-state index in [4.69, 9.17) is 5.73 Å². The van der Waals surface area contributed by atoms with E-state index in [9.17, 15) is 17.2 Å². The second kappa shape index (κ2) is 5.56. The molecule has 0 fully saturated rings. The molecule has 0 aliphatic heterocycles. The van der Waals surface area contributed by atoms with Crippen LogP contribution in [-0.4, -0.2) is 8.42 Å². The highest BCUT2D eigenvalue weighted by Crippen LogP contribution is 2.14. The Balaban J connectivity index is 2.19. The summed E-state index contributed by atoms with van der Waals surface area (Å²) in [6.07, 6.45) is 0. The number of nitrogens with one attached hydrogen (secondary N) is 1. The summed E-state index contributed by atoms with van der Waals surface area (Å²) in [5.74, 6) is -1.31. The van der Waals surface area contributed by atoms with Crippen molar-refractivity contribution in [1.29, 1.82) is 0 Å². The lowest BCUT2D eigenvalue weighted by atomic mass is 10.2. The van der Waals surface area contributed by atoms with E-state index >= 15 is 0 Å². The summed E-state index contributed by atoms with van der Waals surface area (Å²) in [7, 11) is -3.83. The van der Waals surface area contributed by atoms with Crippen molar-refractivity contribution < 1.29 is 17.2 Å². The van der Waals surface area contributed by atoms with Crippen molar-refractivity contribution >= 4 is 15.7 Å². The van der Waals surface area contributed by atoms with Gasteiger partial charge in [-0.1, -0.05) is 6.07 Å². The maximum absolute atomic E-state index is 13.4. The van der Waals surface area contributed by atoms with Gasteiger partial charge in [0.05, 0.1) is 4.90 Å². The van der Waals surface area contributed by atoms with Crippen molar-refractivity contribution in [3.8, 4) is 0 Å². The average molecular weight is 298 g/mol. The molecular formula is C13H12F2N2O2S. The third kappa shape index (κ3) is 3.31. The molecule has 2 rings (SSSR count). The van der Waals surface area contributed by atoms with E-state index in [1.165, 1.54) is 18.2 Å². The number of benzene rings is 2. The monoisotopic (exact) mass is 298 g/mol. The van der Waals surface area contributed by atoms with Crippen LogP contribution in [-0.2, 0) is 16.6 Å². The molecule has 0 heterocycles. The molecule has 4 nitrogen and oxygen atoms in total. The fraction of sp³-hybridized carbons (Fsp3) is 0.0769. The molecule has 0 spiro atoms. The summed E-state index contributed by atoms with van der Waals surface area (Å²) in [6.45, 7) is -0.347. The highest BCUT2D eigenvalue weighted by Gasteiger charge is 2.15. The molecule has 0 atom stereocenters. The number of anilines is 1. The maximum Gasteiger partial charge on any atom is 0.240 e. The molecule has 0 radical (unpaired) electrons. The van der Waals surface area contributed by atoms with Crippen LogP contribution in [0, 0.1) is 11.6 Å². The topological polar surface area (TPSA) is 72.2 Å². The molecule has 0 bridgehead atoms. The van der Waals surface area contributed by atoms with E-state index < -0.39 is 21.7 Å². The number of nitrogens with two attached hydrogens (primary N) is 1. The molecule has 2 aromatic rings. The van der Waals surface area contributed by atoms with Crippen molar-refractivity contribution in [1.82, 2.24) is 4.72 Å². The normalized spacial score (nSPS) is 11.5. The molecule has 0 unspecified atom stereocenters. The molecular weight excluding hydrogens is 286 g/mol. The van der Waals surface area contributed by atoms with Crippen molar-refractivity contribution in [3.63, 3.8) is 0 Å². The summed E-state index contributed by atoms with van der Waals surface area (Å²) in [4.78, 5) is -0.0330. The third-order valence-electron chi connectivity index (χ3n) is 2.63. The summed E-state index contributed by atoms with van der Waals surface area (Å²) in [5.41, 5.74) is 5.73. The first-order valence-corrected chi connectivity index (χ1v) is 7.16. The number of sulfonamides is 1. The smallest absolute Gasteiger partial charge is 0.240 e. The highest BCUT2D eigenvalue weighted by molar-refractivity contribution is 7.89. The fourth-order valence-corrected chi connectivity index (χ4v) is 2.68. The van der Waals surface area contributed by atoms with Crippen LogP contribution in [0.1, 0.15) is 5.56 Å². The Morgan fingerprint density at radius 3 is 2.55 bits per heavy atom. The zero-order valence-electron chi connectivity index (χ0n) is 10.3. The van der Waals surface area contributed by atoms with Crippen molar-refractivity contribution in [2.75, 3.05) is 5.73 Å². The zero-order valence-corrected chi connectivity index (χ0v) is 11.1. The fourth-order valence-electron chi connectivity index (χ4n) is 1.62. The Hall–Kier alpha value is -1.99. The number of nitrogen functional groups attached to an aromatic ring is 1. The van der Waals surface area contributed by atoms with Gasteiger partial charge in [-0.3, -0.25) is 0 Å². The van der Waals surface area contributed by atoms with Gasteiger partial charge in [-0.2, -0.15) is 0 Å². The van der Waals surface area contributed by atoms with Crippen LogP contribution in [0.5, 0.6) is 0 Å². The van der Waals surface area contributed by atoms with Crippen molar-refractivity contribution in [3.05, 3.63) is 59.7 Å². The lowest BCUT2D eigenvalue weighted by Crippen LogP contribution is -2.23. The van der Waals surface area contributed by atoms with Gasteiger partial charge in [0.2, 0.25) is 10.0 Å². The number of rotatable bonds is 4. The van der Waals surface area contributed by atoms with E-state index in [-0.39, 0.29) is 17.0 Å². The Morgan fingerprint density at radius 1 is 1.10 bits per heavy atom. The average Bonchev–Trinajstić information content (AvgIpc) is 2.40. The first-order chi connectivity index (χ1) is 9.38. The van der Waals surface area contributed by atoms with Crippen molar-refractivity contribution in [2.24, 2.45) is 0 Å². The first-order valence-electron chi connectivity index (χ1n) is 5.67.